The van der Waals surface area contributed by atoms with Gasteiger partial charge in [-0.25, -0.2) is 0 Å². The summed E-state index contributed by atoms with van der Waals surface area (Å²) in [5.41, 5.74) is 1.05. The van der Waals surface area contributed by atoms with Crippen LogP contribution >= 0.6 is 23.4 Å². The molecule has 31 heavy (non-hydrogen) atoms. The van der Waals surface area contributed by atoms with E-state index < -0.39 is 4.92 Å². The molecule has 0 atom stereocenters. The Morgan fingerprint density at radius 2 is 2.06 bits per heavy atom. The fraction of sp³-hybridized carbons (Fsp3) is 0.211. The second kappa shape index (κ2) is 10.1. The van der Waals surface area contributed by atoms with Crippen molar-refractivity contribution in [3.8, 4) is 11.5 Å². The van der Waals surface area contributed by atoms with Gasteiger partial charge in [0, 0.05) is 11.1 Å². The summed E-state index contributed by atoms with van der Waals surface area (Å²) >= 11 is 6.96. The third kappa shape index (κ3) is 6.09. The number of nitro groups is 1. The van der Waals surface area contributed by atoms with E-state index in [2.05, 4.69) is 15.5 Å². The first-order valence-corrected chi connectivity index (χ1v) is 10.2. The summed E-state index contributed by atoms with van der Waals surface area (Å²) < 4.78 is 16.2. The summed E-state index contributed by atoms with van der Waals surface area (Å²) in [4.78, 5) is 22.5. The van der Waals surface area contributed by atoms with Crippen LogP contribution in [0, 0.1) is 17.0 Å². The molecular weight excluding hydrogens is 448 g/mol. The molecule has 0 saturated carbocycles. The van der Waals surface area contributed by atoms with Gasteiger partial charge in [-0.3, -0.25) is 14.9 Å². The number of non-ortho nitro benzene ring substituents is 1. The highest BCUT2D eigenvalue weighted by atomic mass is 35.5. The fourth-order valence-corrected chi connectivity index (χ4v) is 3.29. The highest BCUT2D eigenvalue weighted by Crippen LogP contribution is 2.29. The maximum atomic E-state index is 12.2. The first-order valence-electron chi connectivity index (χ1n) is 8.82. The summed E-state index contributed by atoms with van der Waals surface area (Å²) in [6.07, 6.45) is 0. The Bertz CT molecular complexity index is 1110. The second-order valence-electron chi connectivity index (χ2n) is 6.14. The maximum absolute atomic E-state index is 12.2. The van der Waals surface area contributed by atoms with Gasteiger partial charge in [0.2, 0.25) is 5.91 Å². The molecule has 0 bridgehead atoms. The van der Waals surface area contributed by atoms with Crippen LogP contribution in [0.4, 0.5) is 11.4 Å². The zero-order valence-electron chi connectivity index (χ0n) is 16.5. The van der Waals surface area contributed by atoms with Gasteiger partial charge in [0.25, 0.3) is 16.8 Å². The van der Waals surface area contributed by atoms with Gasteiger partial charge in [-0.1, -0.05) is 23.4 Å². The van der Waals surface area contributed by atoms with Crippen LogP contribution in [0.1, 0.15) is 11.5 Å². The van der Waals surface area contributed by atoms with Crippen molar-refractivity contribution in [2.75, 3.05) is 18.2 Å². The fourth-order valence-electron chi connectivity index (χ4n) is 2.48. The number of carbonyl (C=O) groups is 1. The van der Waals surface area contributed by atoms with Crippen LogP contribution in [-0.2, 0) is 11.4 Å². The predicted octanol–water partition coefficient (Wildman–Crippen LogP) is 4.26. The molecule has 0 unspecified atom stereocenters. The molecule has 0 radical (unpaired) electrons. The molecule has 3 aromatic rings. The third-order valence-electron chi connectivity index (χ3n) is 3.93. The van der Waals surface area contributed by atoms with Gasteiger partial charge in [0.05, 0.1) is 29.5 Å². The Labute approximate surface area is 186 Å². The van der Waals surface area contributed by atoms with Crippen LogP contribution in [0.5, 0.6) is 11.5 Å². The lowest BCUT2D eigenvalue weighted by Crippen LogP contribution is -2.14. The first-order chi connectivity index (χ1) is 14.9. The number of aromatic nitrogens is 2. The minimum Gasteiger partial charge on any atom is -0.494 e. The number of carbonyl (C=O) groups excluding carboxylic acids is 1. The van der Waals surface area contributed by atoms with Gasteiger partial charge < -0.3 is 19.2 Å². The van der Waals surface area contributed by atoms with Gasteiger partial charge in [0.15, 0.2) is 6.61 Å². The molecule has 1 heterocycles. The van der Waals surface area contributed by atoms with E-state index in [0.29, 0.717) is 16.5 Å². The normalized spacial score (nSPS) is 10.5. The molecule has 12 heteroatoms. The minimum atomic E-state index is -0.547. The standard InChI is InChI=1S/C19H17ClN4O6S/c1-11-7-12(20)3-6-15(11)29-9-18-22-23-19(30-18)31-10-17(25)21-14-5-4-13(24(26)27)8-16(14)28-2/h3-8H,9-10H2,1-2H3,(H,21,25). The number of nitrogens with zero attached hydrogens (tertiary/aromatic N) is 3. The Hall–Kier alpha value is -3.31. The number of hydrogen-bond acceptors (Lipinski definition) is 9. The Morgan fingerprint density at radius 1 is 1.26 bits per heavy atom. The molecule has 162 valence electrons. The van der Waals surface area contributed by atoms with Crippen molar-refractivity contribution in [2.24, 2.45) is 0 Å². The number of ether oxygens (including phenoxy) is 2. The summed E-state index contributed by atoms with van der Waals surface area (Å²) in [5.74, 6) is 0.702. The number of hydrogen-bond donors (Lipinski definition) is 1. The molecule has 1 N–H and O–H groups in total. The predicted molar refractivity (Wildman–Crippen MR) is 114 cm³/mol. The number of benzene rings is 2. The second-order valence-corrected chi connectivity index (χ2v) is 7.50. The molecule has 0 spiro atoms. The molecule has 0 saturated heterocycles. The molecule has 3 rings (SSSR count). The Balaban J connectivity index is 1.52. The number of anilines is 1. The van der Waals surface area contributed by atoms with Crippen molar-refractivity contribution in [1.82, 2.24) is 10.2 Å². The molecule has 1 amide bonds. The quantitative estimate of drug-likeness (QED) is 0.280. The molecule has 0 fully saturated rings. The number of nitro benzene ring substituents is 1. The Morgan fingerprint density at radius 3 is 2.77 bits per heavy atom. The highest BCUT2D eigenvalue weighted by molar-refractivity contribution is 7.99. The van der Waals surface area contributed by atoms with Gasteiger partial charge in [-0.15, -0.1) is 10.2 Å². The van der Waals surface area contributed by atoms with Gasteiger partial charge in [0.1, 0.15) is 11.5 Å². The number of methoxy groups -OCH3 is 1. The van der Waals surface area contributed by atoms with Crippen molar-refractivity contribution in [3.05, 3.63) is 63.0 Å². The SMILES string of the molecule is COc1cc([N+](=O)[O-])ccc1NC(=O)CSc1nnc(COc2ccc(Cl)cc2C)o1. The first kappa shape index (κ1) is 22.4. The third-order valence-corrected chi connectivity index (χ3v) is 4.99. The lowest BCUT2D eigenvalue weighted by atomic mass is 10.2. The van der Waals surface area contributed by atoms with Crippen molar-refractivity contribution in [2.45, 2.75) is 18.8 Å². The van der Waals surface area contributed by atoms with Crippen molar-refractivity contribution < 1.29 is 23.6 Å². The summed E-state index contributed by atoms with van der Waals surface area (Å²) in [6.45, 7) is 1.94. The monoisotopic (exact) mass is 464 g/mol. The van der Waals surface area contributed by atoms with Crippen LogP contribution in [0.2, 0.25) is 5.02 Å². The zero-order valence-corrected chi connectivity index (χ0v) is 18.0. The summed E-state index contributed by atoms with van der Waals surface area (Å²) in [5, 5.41) is 22.1. The molecule has 0 aliphatic carbocycles. The highest BCUT2D eigenvalue weighted by Gasteiger charge is 2.15. The van der Waals surface area contributed by atoms with Crippen LogP contribution in [0.25, 0.3) is 0 Å². The smallest absolute Gasteiger partial charge is 0.277 e. The van der Waals surface area contributed by atoms with Crippen LogP contribution in [-0.4, -0.2) is 33.9 Å². The van der Waals surface area contributed by atoms with Crippen molar-refractivity contribution in [3.63, 3.8) is 0 Å². The number of halogens is 1. The van der Waals surface area contributed by atoms with Crippen LogP contribution in [0.3, 0.4) is 0 Å². The molecular formula is C19H17ClN4O6S. The van der Waals surface area contributed by atoms with E-state index in [1.54, 1.807) is 18.2 Å². The van der Waals surface area contributed by atoms with Crippen LogP contribution in [0.15, 0.2) is 46.0 Å². The van der Waals surface area contributed by atoms with Crippen LogP contribution < -0.4 is 14.8 Å². The van der Waals surface area contributed by atoms with E-state index in [0.717, 1.165) is 17.3 Å². The molecule has 0 aliphatic heterocycles. The van der Waals surface area contributed by atoms with Gasteiger partial charge in [-0.05, 0) is 36.8 Å². The van der Waals surface area contributed by atoms with E-state index >= 15 is 0 Å². The minimum absolute atomic E-state index is 0.0150. The summed E-state index contributed by atoms with van der Waals surface area (Å²) in [6, 6.07) is 9.16. The van der Waals surface area contributed by atoms with Crippen molar-refractivity contribution in [1.29, 1.82) is 0 Å². The van der Waals surface area contributed by atoms with E-state index in [1.165, 1.54) is 25.3 Å². The largest absolute Gasteiger partial charge is 0.494 e. The zero-order chi connectivity index (χ0) is 22.4. The van der Waals surface area contributed by atoms with Gasteiger partial charge >= 0.3 is 0 Å². The molecule has 2 aromatic carbocycles. The van der Waals surface area contributed by atoms with E-state index in [4.69, 9.17) is 25.5 Å². The topological polar surface area (TPSA) is 130 Å². The maximum Gasteiger partial charge on any atom is 0.277 e. The molecule has 10 nitrogen and oxygen atoms in total. The van der Waals surface area contributed by atoms with E-state index in [9.17, 15) is 14.9 Å². The average molecular weight is 465 g/mol. The average Bonchev–Trinajstić information content (AvgIpc) is 3.19. The lowest BCUT2D eigenvalue weighted by Gasteiger charge is -2.09. The van der Waals surface area contributed by atoms with Crippen molar-refractivity contribution >= 4 is 40.6 Å². The van der Waals surface area contributed by atoms with E-state index in [1.807, 2.05) is 6.92 Å². The van der Waals surface area contributed by atoms with Gasteiger partial charge in [-0.2, -0.15) is 0 Å². The van der Waals surface area contributed by atoms with E-state index in [-0.39, 0.29) is 40.8 Å². The summed E-state index contributed by atoms with van der Waals surface area (Å²) in [7, 11) is 1.36. The number of nitrogens with one attached hydrogen (secondary N) is 1. The molecule has 1 aromatic heterocycles. The Kier molecular flexibility index (Phi) is 7.32. The number of thioether (sulfide) groups is 1. The number of rotatable bonds is 9. The molecule has 0 aliphatic rings. The number of aryl methyl sites for hydroxylation is 1. The number of amides is 1. The lowest BCUT2D eigenvalue weighted by molar-refractivity contribution is -0.384.